The van der Waals surface area contributed by atoms with E-state index in [0.717, 1.165) is 64.3 Å². The molecule has 1 amide bonds. The standard InChI is InChI=1S/C24H32N6O3.CH4/c1-19-2-5-22(6-3-19)28-16-14-27(15-17-28)11-10-24(31)29-12-8-20(9-13-29)26-21-4-7-23(25-18-21)30(32)33;/h2-7,18,20,26H,8-17H2,1H3;1H4. The van der Waals surface area contributed by atoms with Crippen molar-refractivity contribution < 1.29 is 9.72 Å². The molecule has 2 aliphatic heterocycles. The number of aromatic nitrogens is 1. The average Bonchev–Trinajstić information content (AvgIpc) is 2.84. The average molecular weight is 469 g/mol. The summed E-state index contributed by atoms with van der Waals surface area (Å²) < 4.78 is 0. The lowest BCUT2D eigenvalue weighted by molar-refractivity contribution is -0.389. The van der Waals surface area contributed by atoms with Crippen LogP contribution in [0.5, 0.6) is 0 Å². The van der Waals surface area contributed by atoms with Gasteiger partial charge in [0.15, 0.2) is 6.20 Å². The Hall–Kier alpha value is -3.20. The molecule has 4 rings (SSSR count). The van der Waals surface area contributed by atoms with Gasteiger partial charge in [0.1, 0.15) is 0 Å². The van der Waals surface area contributed by atoms with Crippen molar-refractivity contribution in [3.8, 4) is 0 Å². The summed E-state index contributed by atoms with van der Waals surface area (Å²) in [6.45, 7) is 8.34. The summed E-state index contributed by atoms with van der Waals surface area (Å²) in [4.78, 5) is 33.6. The number of piperazine rings is 1. The number of nitrogens with zero attached hydrogens (tertiary/aromatic N) is 5. The number of amides is 1. The van der Waals surface area contributed by atoms with Crippen LogP contribution < -0.4 is 10.2 Å². The van der Waals surface area contributed by atoms with Crippen LogP contribution >= 0.6 is 0 Å². The van der Waals surface area contributed by atoms with Gasteiger partial charge in [0.25, 0.3) is 0 Å². The number of carbonyl (C=O) groups is 1. The second-order valence-corrected chi connectivity index (χ2v) is 8.88. The van der Waals surface area contributed by atoms with Gasteiger partial charge in [-0.1, -0.05) is 25.1 Å². The molecule has 0 radical (unpaired) electrons. The summed E-state index contributed by atoms with van der Waals surface area (Å²) in [5, 5.41) is 14.1. The number of nitrogens with one attached hydrogen (secondary N) is 1. The highest BCUT2D eigenvalue weighted by Gasteiger charge is 2.24. The van der Waals surface area contributed by atoms with Crippen molar-refractivity contribution in [1.82, 2.24) is 14.8 Å². The number of benzene rings is 1. The van der Waals surface area contributed by atoms with Gasteiger partial charge in [-0.05, 0) is 47.9 Å². The number of hydrogen-bond acceptors (Lipinski definition) is 7. The maximum absolute atomic E-state index is 12.7. The van der Waals surface area contributed by atoms with Gasteiger partial charge in [-0.3, -0.25) is 9.69 Å². The van der Waals surface area contributed by atoms with Crippen LogP contribution in [0.1, 0.15) is 32.3 Å². The molecule has 0 atom stereocenters. The number of piperidine rings is 1. The Bertz CT molecular complexity index is 934. The molecule has 0 saturated carbocycles. The SMILES string of the molecule is C.Cc1ccc(N2CCN(CCC(=O)N3CCC(Nc4ccc([N+](=O)[O-])nc4)CC3)CC2)cc1. The van der Waals surface area contributed by atoms with E-state index in [0.29, 0.717) is 6.42 Å². The number of aryl methyl sites for hydroxylation is 1. The quantitative estimate of drug-likeness (QED) is 0.490. The molecule has 9 nitrogen and oxygen atoms in total. The van der Waals surface area contributed by atoms with E-state index in [4.69, 9.17) is 0 Å². The van der Waals surface area contributed by atoms with Crippen LogP contribution in [-0.4, -0.2) is 77.5 Å². The normalized spacial score (nSPS) is 17.2. The van der Waals surface area contributed by atoms with Crippen LogP contribution in [0.15, 0.2) is 42.6 Å². The molecule has 2 fully saturated rings. The van der Waals surface area contributed by atoms with E-state index in [1.807, 2.05) is 4.90 Å². The molecule has 2 aliphatic rings. The maximum atomic E-state index is 12.7. The predicted molar refractivity (Wildman–Crippen MR) is 135 cm³/mol. The number of rotatable bonds is 7. The first-order valence-electron chi connectivity index (χ1n) is 11.7. The van der Waals surface area contributed by atoms with Crippen LogP contribution in [0.3, 0.4) is 0 Å². The molecule has 1 aromatic carbocycles. The Labute approximate surface area is 201 Å². The fraction of sp³-hybridized carbons (Fsp3) is 0.520. The zero-order valence-electron chi connectivity index (χ0n) is 19.2. The van der Waals surface area contributed by atoms with Gasteiger partial charge >= 0.3 is 5.82 Å². The van der Waals surface area contributed by atoms with Gasteiger partial charge < -0.3 is 25.2 Å². The minimum Gasteiger partial charge on any atom is -0.379 e. The Morgan fingerprint density at radius 1 is 1.06 bits per heavy atom. The molecular weight excluding hydrogens is 432 g/mol. The summed E-state index contributed by atoms with van der Waals surface area (Å²) in [5.41, 5.74) is 3.33. The lowest BCUT2D eigenvalue weighted by Gasteiger charge is -2.37. The zero-order chi connectivity index (χ0) is 23.2. The van der Waals surface area contributed by atoms with Gasteiger partial charge in [0.2, 0.25) is 5.91 Å². The smallest absolute Gasteiger partial charge is 0.363 e. The highest BCUT2D eigenvalue weighted by atomic mass is 16.6. The molecule has 34 heavy (non-hydrogen) atoms. The van der Waals surface area contributed by atoms with Crippen molar-refractivity contribution in [3.05, 3.63) is 58.3 Å². The molecule has 184 valence electrons. The third kappa shape index (κ3) is 6.66. The van der Waals surface area contributed by atoms with Crippen molar-refractivity contribution in [3.63, 3.8) is 0 Å². The zero-order valence-corrected chi connectivity index (χ0v) is 19.2. The number of nitro groups is 1. The summed E-state index contributed by atoms with van der Waals surface area (Å²) in [5.74, 6) is 0.0731. The fourth-order valence-corrected chi connectivity index (χ4v) is 4.49. The second kappa shape index (κ2) is 11.8. The van der Waals surface area contributed by atoms with E-state index >= 15 is 0 Å². The van der Waals surface area contributed by atoms with E-state index in [9.17, 15) is 14.9 Å². The molecule has 2 aromatic rings. The topological polar surface area (TPSA) is 94.8 Å². The van der Waals surface area contributed by atoms with Gasteiger partial charge in [0.05, 0.1) is 5.69 Å². The van der Waals surface area contributed by atoms with Crippen molar-refractivity contribution >= 4 is 23.1 Å². The number of anilines is 2. The highest BCUT2D eigenvalue weighted by molar-refractivity contribution is 5.76. The monoisotopic (exact) mass is 468 g/mol. The molecule has 1 aromatic heterocycles. The number of hydrogen-bond donors (Lipinski definition) is 1. The summed E-state index contributed by atoms with van der Waals surface area (Å²) in [6, 6.07) is 12.0. The van der Waals surface area contributed by atoms with Crippen LogP contribution in [0.2, 0.25) is 0 Å². The van der Waals surface area contributed by atoms with Crippen LogP contribution in [0, 0.1) is 17.0 Å². The first-order valence-corrected chi connectivity index (χ1v) is 11.7. The molecule has 0 spiro atoms. The van der Waals surface area contributed by atoms with Crippen molar-refractivity contribution in [2.75, 3.05) is 56.0 Å². The molecule has 0 unspecified atom stereocenters. The Balaban J connectivity index is 0.00000324. The Morgan fingerprint density at radius 3 is 2.32 bits per heavy atom. The molecule has 9 heteroatoms. The largest absolute Gasteiger partial charge is 0.379 e. The van der Waals surface area contributed by atoms with E-state index < -0.39 is 4.92 Å². The summed E-state index contributed by atoms with van der Waals surface area (Å²) in [7, 11) is 0. The molecule has 3 heterocycles. The first-order chi connectivity index (χ1) is 16.0. The van der Waals surface area contributed by atoms with Crippen molar-refractivity contribution in [2.24, 2.45) is 0 Å². The maximum Gasteiger partial charge on any atom is 0.363 e. The van der Waals surface area contributed by atoms with Gasteiger partial charge in [-0.25, -0.2) is 0 Å². The van der Waals surface area contributed by atoms with Gasteiger partial charge in [0, 0.05) is 70.0 Å². The lowest BCUT2D eigenvalue weighted by Crippen LogP contribution is -2.48. The lowest BCUT2D eigenvalue weighted by atomic mass is 10.0. The molecule has 0 aliphatic carbocycles. The summed E-state index contributed by atoms with van der Waals surface area (Å²) >= 11 is 0. The number of carbonyl (C=O) groups excluding carboxylic acids is 1. The van der Waals surface area contributed by atoms with Gasteiger partial charge in [-0.2, -0.15) is 0 Å². The number of pyridine rings is 1. The minimum atomic E-state index is -0.502. The number of likely N-dealkylation sites (tertiary alicyclic amines) is 1. The van der Waals surface area contributed by atoms with Crippen molar-refractivity contribution in [2.45, 2.75) is 39.7 Å². The highest BCUT2D eigenvalue weighted by Crippen LogP contribution is 2.19. The van der Waals surface area contributed by atoms with Gasteiger partial charge in [-0.15, -0.1) is 0 Å². The molecule has 1 N–H and O–H groups in total. The Morgan fingerprint density at radius 2 is 1.74 bits per heavy atom. The second-order valence-electron chi connectivity index (χ2n) is 8.88. The first kappa shape index (κ1) is 25.4. The van der Waals surface area contributed by atoms with E-state index in [1.165, 1.54) is 23.5 Å². The van der Waals surface area contributed by atoms with E-state index in [2.05, 4.69) is 51.3 Å². The van der Waals surface area contributed by atoms with Crippen LogP contribution in [0.4, 0.5) is 17.2 Å². The van der Waals surface area contributed by atoms with E-state index in [-0.39, 0.29) is 25.2 Å². The van der Waals surface area contributed by atoms with Crippen molar-refractivity contribution in [1.29, 1.82) is 0 Å². The molecule has 0 bridgehead atoms. The third-order valence-electron chi connectivity index (χ3n) is 6.57. The minimum absolute atomic E-state index is 0. The van der Waals surface area contributed by atoms with Crippen LogP contribution in [-0.2, 0) is 4.79 Å². The molecular formula is C25H36N6O3. The molecule has 2 saturated heterocycles. The third-order valence-corrected chi connectivity index (χ3v) is 6.57. The fourth-order valence-electron chi connectivity index (χ4n) is 4.49. The Kier molecular flexibility index (Phi) is 8.81. The predicted octanol–water partition coefficient (Wildman–Crippen LogP) is 3.55. The van der Waals surface area contributed by atoms with E-state index in [1.54, 1.807) is 6.07 Å². The van der Waals surface area contributed by atoms with Crippen LogP contribution in [0.25, 0.3) is 0 Å². The summed E-state index contributed by atoms with van der Waals surface area (Å²) in [6.07, 6.45) is 3.78.